The molecule has 3 heterocycles. The van der Waals surface area contributed by atoms with E-state index in [1.807, 2.05) is 12.3 Å². The number of thiophene rings is 1. The number of thioether (sulfide) groups is 1. The fourth-order valence-electron chi connectivity index (χ4n) is 5.95. The number of nitrogens with one attached hydrogen (secondary N) is 3. The molecule has 1 fully saturated rings. The van der Waals surface area contributed by atoms with Crippen LogP contribution in [0, 0.1) is 5.92 Å². The van der Waals surface area contributed by atoms with Crippen LogP contribution >= 0.6 is 23.1 Å². The standard InChI is InChI=1S/C38H41F3N4O3S2/c1-24(46)42-15-13-31-33-21-30(10-11-34(33)50-35(31)18-25-6-8-28(9-7-25)38(39,40)41)49-17-3-2-16-48-29-20-32-27(22-44-37(32)45-23-29)12-14-43-36(47)19-26-4-5-26/h6-11,20-23,26H,2-5,12-19H2,1H3,(H,42,46)(H,43,47)(H,44,45). The molecule has 0 bridgehead atoms. The van der Waals surface area contributed by atoms with Gasteiger partial charge >= 0.3 is 6.18 Å². The number of benzene rings is 2. The number of rotatable bonds is 17. The van der Waals surface area contributed by atoms with Crippen molar-refractivity contribution in [2.24, 2.45) is 5.92 Å². The molecule has 5 aromatic rings. The van der Waals surface area contributed by atoms with Crippen molar-refractivity contribution in [1.82, 2.24) is 20.6 Å². The number of hydrogen-bond acceptors (Lipinski definition) is 6. The lowest BCUT2D eigenvalue weighted by molar-refractivity contribution is -0.137. The number of pyridine rings is 1. The van der Waals surface area contributed by atoms with E-state index >= 15 is 0 Å². The number of amides is 2. The number of ether oxygens (including phenoxy) is 1. The fraction of sp³-hybridized carbons (Fsp3) is 0.395. The molecule has 0 spiro atoms. The van der Waals surface area contributed by atoms with E-state index in [1.165, 1.54) is 19.8 Å². The smallest absolute Gasteiger partial charge is 0.416 e. The Hall–Kier alpha value is -4.03. The van der Waals surface area contributed by atoms with Crippen LogP contribution in [-0.2, 0) is 35.0 Å². The van der Waals surface area contributed by atoms with E-state index in [0.29, 0.717) is 44.9 Å². The maximum absolute atomic E-state index is 13.1. The maximum Gasteiger partial charge on any atom is 0.416 e. The first-order valence-corrected chi connectivity index (χ1v) is 18.9. The van der Waals surface area contributed by atoms with Gasteiger partial charge in [0.25, 0.3) is 0 Å². The predicted octanol–water partition coefficient (Wildman–Crippen LogP) is 8.48. The summed E-state index contributed by atoms with van der Waals surface area (Å²) in [6.07, 6.45) is 6.04. The van der Waals surface area contributed by atoms with Crippen molar-refractivity contribution in [2.75, 3.05) is 25.4 Å². The Morgan fingerprint density at radius 3 is 2.58 bits per heavy atom. The van der Waals surface area contributed by atoms with Crippen molar-refractivity contribution in [2.45, 2.75) is 69.4 Å². The third kappa shape index (κ3) is 9.81. The maximum atomic E-state index is 13.1. The Balaban J connectivity index is 1.01. The molecule has 264 valence electrons. The number of hydrogen-bond donors (Lipinski definition) is 3. The van der Waals surface area contributed by atoms with E-state index in [1.54, 1.807) is 41.4 Å². The topological polar surface area (TPSA) is 96.1 Å². The van der Waals surface area contributed by atoms with E-state index in [2.05, 4.69) is 38.8 Å². The molecule has 3 aromatic heterocycles. The van der Waals surface area contributed by atoms with Crippen molar-refractivity contribution < 1.29 is 27.5 Å². The van der Waals surface area contributed by atoms with Crippen LogP contribution < -0.4 is 15.4 Å². The minimum absolute atomic E-state index is 0.0963. The van der Waals surface area contributed by atoms with Crippen LogP contribution in [0.15, 0.2) is 65.8 Å². The highest BCUT2D eigenvalue weighted by Gasteiger charge is 2.30. The Morgan fingerprint density at radius 2 is 1.82 bits per heavy atom. The molecular formula is C38H41F3N4O3S2. The minimum atomic E-state index is -4.36. The van der Waals surface area contributed by atoms with Gasteiger partial charge in [0.2, 0.25) is 11.8 Å². The number of aromatic amines is 1. The molecule has 1 aliphatic rings. The number of H-pyrrole nitrogens is 1. The molecule has 3 N–H and O–H groups in total. The molecule has 0 radical (unpaired) electrons. The summed E-state index contributed by atoms with van der Waals surface area (Å²) in [5.41, 5.74) is 3.20. The molecular weight excluding hydrogens is 682 g/mol. The van der Waals surface area contributed by atoms with Gasteiger partial charge in [-0.2, -0.15) is 13.2 Å². The molecule has 0 unspecified atom stereocenters. The van der Waals surface area contributed by atoms with Crippen LogP contribution in [0.5, 0.6) is 5.75 Å². The molecule has 0 aliphatic heterocycles. The van der Waals surface area contributed by atoms with Crippen LogP contribution in [0.2, 0.25) is 0 Å². The zero-order chi connectivity index (χ0) is 35.1. The van der Waals surface area contributed by atoms with Gasteiger partial charge in [0, 0.05) is 58.9 Å². The summed E-state index contributed by atoms with van der Waals surface area (Å²) >= 11 is 3.44. The van der Waals surface area contributed by atoms with E-state index in [-0.39, 0.29) is 11.8 Å². The van der Waals surface area contributed by atoms with Crippen LogP contribution in [0.3, 0.4) is 0 Å². The van der Waals surface area contributed by atoms with E-state index < -0.39 is 11.7 Å². The molecule has 6 rings (SSSR count). The number of unbranched alkanes of at least 4 members (excludes halogenated alkanes) is 1. The van der Waals surface area contributed by atoms with Crippen LogP contribution in [0.1, 0.15) is 66.2 Å². The summed E-state index contributed by atoms with van der Waals surface area (Å²) in [5.74, 6) is 2.26. The van der Waals surface area contributed by atoms with Gasteiger partial charge in [-0.25, -0.2) is 4.98 Å². The Bertz CT molecular complexity index is 1930. The first-order chi connectivity index (χ1) is 24.1. The largest absolute Gasteiger partial charge is 0.492 e. The third-order valence-electron chi connectivity index (χ3n) is 8.80. The summed E-state index contributed by atoms with van der Waals surface area (Å²) in [7, 11) is 0. The van der Waals surface area contributed by atoms with Crippen molar-refractivity contribution >= 4 is 56.0 Å². The summed E-state index contributed by atoms with van der Waals surface area (Å²) in [4.78, 5) is 33.6. The quantitative estimate of drug-likeness (QED) is 0.0661. The summed E-state index contributed by atoms with van der Waals surface area (Å²) < 4.78 is 46.4. The van der Waals surface area contributed by atoms with Gasteiger partial charge in [-0.1, -0.05) is 12.1 Å². The second-order valence-corrected chi connectivity index (χ2v) is 15.1. The van der Waals surface area contributed by atoms with Gasteiger partial charge in [0.1, 0.15) is 11.4 Å². The van der Waals surface area contributed by atoms with Gasteiger partial charge in [-0.05, 0) is 109 Å². The van der Waals surface area contributed by atoms with Crippen molar-refractivity contribution in [3.8, 4) is 5.75 Å². The van der Waals surface area contributed by atoms with Crippen LogP contribution in [0.25, 0.3) is 21.1 Å². The molecule has 7 nitrogen and oxygen atoms in total. The molecule has 50 heavy (non-hydrogen) atoms. The lowest BCUT2D eigenvalue weighted by atomic mass is 10.0. The van der Waals surface area contributed by atoms with E-state index in [0.717, 1.165) is 90.5 Å². The molecule has 0 saturated heterocycles. The number of carbonyl (C=O) groups is 2. The van der Waals surface area contributed by atoms with Gasteiger partial charge in [-0.3, -0.25) is 9.59 Å². The number of fused-ring (bicyclic) bond motifs is 2. The van der Waals surface area contributed by atoms with Gasteiger partial charge in [0.05, 0.1) is 18.4 Å². The fourth-order valence-corrected chi connectivity index (χ4v) is 8.16. The number of alkyl halides is 3. The first kappa shape index (κ1) is 35.8. The van der Waals surface area contributed by atoms with Crippen LogP contribution in [-0.4, -0.2) is 47.2 Å². The summed E-state index contributed by atoms with van der Waals surface area (Å²) in [5, 5.41) is 8.04. The lowest BCUT2D eigenvalue weighted by Crippen LogP contribution is -2.25. The van der Waals surface area contributed by atoms with Crippen molar-refractivity contribution in [3.63, 3.8) is 0 Å². The number of halogens is 3. The average Bonchev–Trinajstić information content (AvgIpc) is 3.71. The zero-order valence-electron chi connectivity index (χ0n) is 28.0. The number of carbonyl (C=O) groups excluding carboxylic acids is 2. The van der Waals surface area contributed by atoms with Gasteiger partial charge < -0.3 is 20.4 Å². The van der Waals surface area contributed by atoms with Crippen molar-refractivity contribution in [1.29, 1.82) is 0 Å². The predicted molar refractivity (Wildman–Crippen MR) is 194 cm³/mol. The highest BCUT2D eigenvalue weighted by molar-refractivity contribution is 7.99. The second kappa shape index (κ2) is 16.3. The molecule has 1 saturated carbocycles. The van der Waals surface area contributed by atoms with Crippen LogP contribution in [0.4, 0.5) is 13.2 Å². The monoisotopic (exact) mass is 722 g/mol. The van der Waals surface area contributed by atoms with E-state index in [4.69, 9.17) is 4.74 Å². The molecule has 2 aromatic carbocycles. The third-order valence-corrected chi connectivity index (χ3v) is 11.1. The number of nitrogens with zero attached hydrogens (tertiary/aromatic N) is 1. The minimum Gasteiger partial charge on any atom is -0.492 e. The Morgan fingerprint density at radius 1 is 1.02 bits per heavy atom. The summed E-state index contributed by atoms with van der Waals surface area (Å²) in [6, 6.07) is 13.8. The normalized spacial score (nSPS) is 13.2. The zero-order valence-corrected chi connectivity index (χ0v) is 29.6. The Labute approximate surface area is 297 Å². The molecule has 1 aliphatic carbocycles. The van der Waals surface area contributed by atoms with Gasteiger partial charge in [0.15, 0.2) is 0 Å². The number of aromatic nitrogens is 2. The van der Waals surface area contributed by atoms with Gasteiger partial charge in [-0.15, -0.1) is 23.1 Å². The summed E-state index contributed by atoms with van der Waals surface area (Å²) in [6.45, 7) is 3.16. The molecule has 0 atom stereocenters. The Kier molecular flexibility index (Phi) is 11.7. The molecule has 2 amide bonds. The molecule has 12 heteroatoms. The average molecular weight is 723 g/mol. The van der Waals surface area contributed by atoms with E-state index in [9.17, 15) is 22.8 Å². The first-order valence-electron chi connectivity index (χ1n) is 17.1. The SMILES string of the molecule is CC(=O)NCCc1c(Cc2ccc(C(F)(F)F)cc2)sc2ccc(SCCCCOc3cnc4[nH]cc(CCNC(=O)CC5CC5)c4c3)cc12. The highest BCUT2D eigenvalue weighted by Crippen LogP contribution is 2.37. The highest BCUT2D eigenvalue weighted by atomic mass is 32.2. The lowest BCUT2D eigenvalue weighted by Gasteiger charge is -2.09. The van der Waals surface area contributed by atoms with Crippen molar-refractivity contribution in [3.05, 3.63) is 88.1 Å². The second-order valence-electron chi connectivity index (χ2n) is 12.8.